The minimum Gasteiger partial charge on any atom is -0.393 e. The fraction of sp³-hybridized carbons (Fsp3) is 0.400. The van der Waals surface area contributed by atoms with Crippen LogP contribution < -0.4 is 10.5 Å². The van der Waals surface area contributed by atoms with Crippen molar-refractivity contribution in [2.75, 3.05) is 25.5 Å². The van der Waals surface area contributed by atoms with Gasteiger partial charge in [-0.15, -0.1) is 0 Å². The predicted octanol–water partition coefficient (Wildman–Crippen LogP) is 0.737. The van der Waals surface area contributed by atoms with Gasteiger partial charge in [-0.05, 0) is 12.1 Å². The Balaban J connectivity index is 2.70. The first kappa shape index (κ1) is 17.2. The number of nitro groups is 1. The highest BCUT2D eigenvalue weighted by Gasteiger charge is 2.19. The molecule has 0 aliphatic rings. The molecule has 0 heterocycles. The van der Waals surface area contributed by atoms with E-state index >= 15 is 0 Å². The van der Waals surface area contributed by atoms with E-state index in [1.165, 1.54) is 0 Å². The third-order valence-corrected chi connectivity index (χ3v) is 3.75. The fourth-order valence-electron chi connectivity index (χ4n) is 1.35. The van der Waals surface area contributed by atoms with Crippen LogP contribution in [0.2, 0.25) is 0 Å². The van der Waals surface area contributed by atoms with Crippen LogP contribution in [0, 0.1) is 10.1 Å². The lowest BCUT2D eigenvalue weighted by atomic mass is 10.3. The van der Waals surface area contributed by atoms with Crippen molar-refractivity contribution in [2.24, 2.45) is 0 Å². The van der Waals surface area contributed by atoms with Gasteiger partial charge in [0, 0.05) is 12.6 Å². The Labute approximate surface area is 119 Å². The Morgan fingerprint density at radius 1 is 1.43 bits per heavy atom. The van der Waals surface area contributed by atoms with E-state index in [1.807, 2.05) is 0 Å². The van der Waals surface area contributed by atoms with Gasteiger partial charge in [0.1, 0.15) is 12.3 Å². The summed E-state index contributed by atoms with van der Waals surface area (Å²) in [4.78, 5) is 9.53. The number of ether oxygens (including phenoxy) is 1. The second kappa shape index (κ2) is 7.24. The SMILES string of the molecule is Nc1ccc(S(=O)(=O)NCCOCC(F)F)cc1[N+](=O)[O-]. The van der Waals surface area contributed by atoms with Crippen LogP contribution in [-0.2, 0) is 14.8 Å². The van der Waals surface area contributed by atoms with Crippen LogP contribution in [0.25, 0.3) is 0 Å². The summed E-state index contributed by atoms with van der Waals surface area (Å²) < 4.78 is 53.8. The van der Waals surface area contributed by atoms with Crippen LogP contribution in [0.1, 0.15) is 0 Å². The van der Waals surface area contributed by atoms with E-state index in [0.29, 0.717) is 0 Å². The molecule has 0 amide bonds. The molecule has 0 aliphatic heterocycles. The molecule has 21 heavy (non-hydrogen) atoms. The molecule has 1 aromatic carbocycles. The number of benzene rings is 1. The Morgan fingerprint density at radius 3 is 2.67 bits per heavy atom. The third kappa shape index (κ3) is 5.21. The van der Waals surface area contributed by atoms with Crippen molar-refractivity contribution in [3.63, 3.8) is 0 Å². The standard InChI is InChI=1S/C10H13F2N3O5S/c11-10(12)6-20-4-3-14-21(18,19)7-1-2-8(13)9(5-7)15(16)17/h1-2,5,10,14H,3-4,6,13H2. The number of sulfonamides is 1. The number of rotatable bonds is 8. The normalized spacial score (nSPS) is 11.8. The molecule has 1 rings (SSSR count). The summed E-state index contributed by atoms with van der Waals surface area (Å²) in [5.74, 6) is 0. The average molecular weight is 325 g/mol. The largest absolute Gasteiger partial charge is 0.393 e. The summed E-state index contributed by atoms with van der Waals surface area (Å²) in [5.41, 5.74) is 4.65. The number of hydrogen-bond donors (Lipinski definition) is 2. The summed E-state index contributed by atoms with van der Waals surface area (Å²) in [6.45, 7) is -1.29. The first-order valence-corrected chi connectivity index (χ1v) is 7.12. The van der Waals surface area contributed by atoms with E-state index in [9.17, 15) is 27.3 Å². The van der Waals surface area contributed by atoms with Crippen molar-refractivity contribution >= 4 is 21.4 Å². The van der Waals surface area contributed by atoms with Gasteiger partial charge in [-0.1, -0.05) is 0 Å². The van der Waals surface area contributed by atoms with Crippen LogP contribution in [0.4, 0.5) is 20.2 Å². The molecule has 0 unspecified atom stereocenters. The number of alkyl halides is 2. The van der Waals surface area contributed by atoms with E-state index in [-0.39, 0.29) is 23.7 Å². The van der Waals surface area contributed by atoms with Crippen molar-refractivity contribution < 1.29 is 26.9 Å². The zero-order valence-electron chi connectivity index (χ0n) is 10.7. The molecule has 118 valence electrons. The van der Waals surface area contributed by atoms with E-state index in [4.69, 9.17) is 5.73 Å². The molecule has 0 spiro atoms. The van der Waals surface area contributed by atoms with Gasteiger partial charge in [0.05, 0.1) is 16.4 Å². The molecule has 0 aromatic heterocycles. The zero-order valence-corrected chi connectivity index (χ0v) is 11.5. The highest BCUT2D eigenvalue weighted by Crippen LogP contribution is 2.24. The van der Waals surface area contributed by atoms with Crippen LogP contribution in [0.15, 0.2) is 23.1 Å². The number of anilines is 1. The van der Waals surface area contributed by atoms with Gasteiger partial charge < -0.3 is 10.5 Å². The molecule has 8 nitrogen and oxygen atoms in total. The summed E-state index contributed by atoms with van der Waals surface area (Å²) in [6.07, 6.45) is -2.64. The van der Waals surface area contributed by atoms with Crippen molar-refractivity contribution in [1.82, 2.24) is 4.72 Å². The number of nitrogens with zero attached hydrogens (tertiary/aromatic N) is 1. The van der Waals surface area contributed by atoms with Crippen LogP contribution in [0.5, 0.6) is 0 Å². The van der Waals surface area contributed by atoms with Gasteiger partial charge in [0.25, 0.3) is 12.1 Å². The lowest BCUT2D eigenvalue weighted by molar-refractivity contribution is -0.384. The van der Waals surface area contributed by atoms with Gasteiger partial charge in [-0.3, -0.25) is 10.1 Å². The third-order valence-electron chi connectivity index (χ3n) is 2.29. The molecule has 0 fully saturated rings. The molecule has 0 atom stereocenters. The second-order valence-electron chi connectivity index (χ2n) is 3.84. The maximum atomic E-state index is 11.8. The van der Waals surface area contributed by atoms with E-state index in [0.717, 1.165) is 18.2 Å². The van der Waals surface area contributed by atoms with E-state index < -0.39 is 33.7 Å². The number of nitro benzene ring substituents is 1. The molecule has 3 N–H and O–H groups in total. The number of halogens is 2. The molecule has 11 heteroatoms. The number of nitrogen functional groups attached to an aromatic ring is 1. The zero-order chi connectivity index (χ0) is 16.0. The monoisotopic (exact) mass is 325 g/mol. The highest BCUT2D eigenvalue weighted by molar-refractivity contribution is 7.89. The van der Waals surface area contributed by atoms with Crippen LogP contribution >= 0.6 is 0 Å². The van der Waals surface area contributed by atoms with Crippen molar-refractivity contribution in [1.29, 1.82) is 0 Å². The molecule has 1 aromatic rings. The maximum Gasteiger partial charge on any atom is 0.293 e. The Hall–Kier alpha value is -1.85. The average Bonchev–Trinajstić information content (AvgIpc) is 2.37. The fourth-order valence-corrected chi connectivity index (χ4v) is 2.39. The van der Waals surface area contributed by atoms with Gasteiger partial charge in [0.2, 0.25) is 10.0 Å². The minimum absolute atomic E-state index is 0.167. The lowest BCUT2D eigenvalue weighted by Crippen LogP contribution is -2.28. The quantitative estimate of drug-likeness (QED) is 0.314. The first-order valence-electron chi connectivity index (χ1n) is 5.63. The molecule has 0 aliphatic carbocycles. The van der Waals surface area contributed by atoms with Crippen LogP contribution in [0.3, 0.4) is 0 Å². The smallest absolute Gasteiger partial charge is 0.293 e. The molecule has 0 saturated heterocycles. The van der Waals surface area contributed by atoms with Crippen molar-refractivity contribution in [3.8, 4) is 0 Å². The van der Waals surface area contributed by atoms with Gasteiger partial charge >= 0.3 is 0 Å². The number of nitrogens with two attached hydrogens (primary N) is 1. The van der Waals surface area contributed by atoms with E-state index in [2.05, 4.69) is 9.46 Å². The summed E-state index contributed by atoms with van der Waals surface area (Å²) in [6, 6.07) is 3.02. The minimum atomic E-state index is -4.01. The second-order valence-corrected chi connectivity index (χ2v) is 5.61. The molecule has 0 bridgehead atoms. The molecular formula is C10H13F2N3O5S. The summed E-state index contributed by atoms with van der Waals surface area (Å²) in [5, 5.41) is 10.7. The summed E-state index contributed by atoms with van der Waals surface area (Å²) >= 11 is 0. The van der Waals surface area contributed by atoms with Gasteiger partial charge in [0.15, 0.2) is 0 Å². The highest BCUT2D eigenvalue weighted by atomic mass is 32.2. The molecule has 0 radical (unpaired) electrons. The Bertz CT molecular complexity index is 609. The first-order chi connectivity index (χ1) is 9.74. The topological polar surface area (TPSA) is 125 Å². The van der Waals surface area contributed by atoms with Crippen LogP contribution in [-0.4, -0.2) is 39.5 Å². The maximum absolute atomic E-state index is 11.8. The summed E-state index contributed by atoms with van der Waals surface area (Å²) in [7, 11) is -4.01. The number of nitrogens with one attached hydrogen (secondary N) is 1. The Morgan fingerprint density at radius 2 is 2.10 bits per heavy atom. The van der Waals surface area contributed by atoms with Gasteiger partial charge in [-0.2, -0.15) is 0 Å². The predicted molar refractivity (Wildman–Crippen MR) is 69.5 cm³/mol. The van der Waals surface area contributed by atoms with Crippen molar-refractivity contribution in [2.45, 2.75) is 11.3 Å². The lowest BCUT2D eigenvalue weighted by Gasteiger charge is -2.08. The van der Waals surface area contributed by atoms with Crippen molar-refractivity contribution in [3.05, 3.63) is 28.3 Å². The molecular weight excluding hydrogens is 312 g/mol. The van der Waals surface area contributed by atoms with E-state index in [1.54, 1.807) is 0 Å². The molecule has 0 saturated carbocycles. The van der Waals surface area contributed by atoms with Gasteiger partial charge in [-0.25, -0.2) is 21.9 Å². The Kier molecular flexibility index (Phi) is 5.93. The number of hydrogen-bond acceptors (Lipinski definition) is 6.